The maximum atomic E-state index is 11.5. The lowest BCUT2D eigenvalue weighted by atomic mass is 10.2. The van der Waals surface area contributed by atoms with E-state index in [1.54, 1.807) is 6.92 Å². The molecule has 1 aliphatic heterocycles. The van der Waals surface area contributed by atoms with Gasteiger partial charge in [0.05, 0.1) is 16.3 Å². The van der Waals surface area contributed by atoms with Crippen molar-refractivity contribution in [1.82, 2.24) is 0 Å². The summed E-state index contributed by atoms with van der Waals surface area (Å²) in [7, 11) is 0. The Kier molecular flexibility index (Phi) is 2.97. The highest BCUT2D eigenvalue weighted by Gasteiger charge is 2.26. The van der Waals surface area contributed by atoms with Gasteiger partial charge in [0.1, 0.15) is 0 Å². The largest absolute Gasteiger partial charge is 0.324 e. The number of hydrogen-bond donors (Lipinski definition) is 1. The van der Waals surface area contributed by atoms with Crippen LogP contribution in [0.15, 0.2) is 18.2 Å². The average Bonchev–Trinajstić information content (AvgIpc) is 2.42. The number of fused-ring (bicyclic) bond motifs is 1. The van der Waals surface area contributed by atoms with Gasteiger partial charge in [-0.25, -0.2) is 0 Å². The first-order valence-corrected chi connectivity index (χ1v) is 5.35. The summed E-state index contributed by atoms with van der Waals surface area (Å²) in [6.45, 7) is 1.71. The average molecular weight is 249 g/mol. The van der Waals surface area contributed by atoms with Crippen LogP contribution >= 0.6 is 0 Å². The highest BCUT2D eigenvalue weighted by atomic mass is 16.6. The van der Waals surface area contributed by atoms with Gasteiger partial charge in [0, 0.05) is 24.6 Å². The Morgan fingerprint density at radius 3 is 2.89 bits per heavy atom. The molecule has 1 atom stereocenters. The number of benzene rings is 1. The summed E-state index contributed by atoms with van der Waals surface area (Å²) in [6.07, 6.45) is 0.731. The van der Waals surface area contributed by atoms with Crippen molar-refractivity contribution in [2.45, 2.75) is 19.4 Å². The monoisotopic (exact) mass is 249 g/mol. The number of nitrogens with zero attached hydrogens (tertiary/aromatic N) is 2. The molecule has 0 fully saturated rings. The first kappa shape index (κ1) is 12.0. The van der Waals surface area contributed by atoms with Crippen molar-refractivity contribution in [3.63, 3.8) is 0 Å². The number of carbonyl (C=O) groups is 2. The number of amides is 2. The van der Waals surface area contributed by atoms with E-state index in [9.17, 15) is 19.7 Å². The molecule has 2 amide bonds. The van der Waals surface area contributed by atoms with Crippen LogP contribution in [0.2, 0.25) is 0 Å². The zero-order valence-corrected chi connectivity index (χ0v) is 9.62. The molecule has 7 heteroatoms. The molecule has 1 aliphatic rings. The van der Waals surface area contributed by atoms with Crippen LogP contribution in [0, 0.1) is 10.1 Å². The Bertz CT molecular complexity index is 529. The molecule has 1 heterocycles. The van der Waals surface area contributed by atoms with E-state index in [4.69, 9.17) is 0 Å². The third-order valence-electron chi connectivity index (χ3n) is 2.81. The highest BCUT2D eigenvalue weighted by molar-refractivity contribution is 6.00. The van der Waals surface area contributed by atoms with Crippen molar-refractivity contribution in [1.29, 1.82) is 0 Å². The minimum absolute atomic E-state index is 0.121. The van der Waals surface area contributed by atoms with E-state index in [0.717, 1.165) is 0 Å². The van der Waals surface area contributed by atoms with Crippen LogP contribution in [-0.4, -0.2) is 23.3 Å². The zero-order chi connectivity index (χ0) is 13.3. The number of anilines is 2. The van der Waals surface area contributed by atoms with Crippen LogP contribution in [0.3, 0.4) is 0 Å². The van der Waals surface area contributed by atoms with Crippen molar-refractivity contribution < 1.29 is 14.5 Å². The Morgan fingerprint density at radius 2 is 2.28 bits per heavy atom. The molecule has 2 rings (SSSR count). The lowest BCUT2D eigenvalue weighted by Gasteiger charge is -2.22. The van der Waals surface area contributed by atoms with Gasteiger partial charge in [0.25, 0.3) is 5.69 Å². The molecule has 0 aromatic heterocycles. The maximum absolute atomic E-state index is 11.5. The smallest absolute Gasteiger partial charge is 0.271 e. The number of nitro benzene ring substituents is 1. The Labute approximate surface area is 103 Å². The van der Waals surface area contributed by atoms with E-state index in [1.807, 2.05) is 0 Å². The molecular weight excluding hydrogens is 238 g/mol. The van der Waals surface area contributed by atoms with Gasteiger partial charge in [-0.1, -0.05) is 0 Å². The van der Waals surface area contributed by atoms with E-state index in [2.05, 4.69) is 5.32 Å². The zero-order valence-electron chi connectivity index (χ0n) is 9.62. The molecule has 0 saturated heterocycles. The summed E-state index contributed by atoms with van der Waals surface area (Å²) in [6, 6.07) is 3.66. The third kappa shape index (κ3) is 2.02. The summed E-state index contributed by atoms with van der Waals surface area (Å²) < 4.78 is 0. The fourth-order valence-electron chi connectivity index (χ4n) is 1.92. The topological polar surface area (TPSA) is 92.5 Å². The Hall–Kier alpha value is -2.44. The number of hydrogen-bond acceptors (Lipinski definition) is 4. The molecule has 1 N–H and O–H groups in total. The van der Waals surface area contributed by atoms with Crippen molar-refractivity contribution in [2.24, 2.45) is 0 Å². The third-order valence-corrected chi connectivity index (χ3v) is 2.81. The summed E-state index contributed by atoms with van der Waals surface area (Å²) in [5.74, 6) is -0.220. The van der Waals surface area contributed by atoms with E-state index < -0.39 is 4.92 Å². The Balaban J connectivity index is 2.56. The van der Waals surface area contributed by atoms with Crippen LogP contribution in [0.25, 0.3) is 0 Å². The van der Waals surface area contributed by atoms with Crippen LogP contribution in [0.1, 0.15) is 13.3 Å². The van der Waals surface area contributed by atoms with Gasteiger partial charge in [-0.05, 0) is 13.0 Å². The number of nitrogens with one attached hydrogen (secondary N) is 1. The second-order valence-corrected chi connectivity index (χ2v) is 4.07. The summed E-state index contributed by atoms with van der Waals surface area (Å²) >= 11 is 0. The van der Waals surface area contributed by atoms with Gasteiger partial charge in [-0.15, -0.1) is 0 Å². The second kappa shape index (κ2) is 4.44. The quantitative estimate of drug-likeness (QED) is 0.485. The van der Waals surface area contributed by atoms with Crippen LogP contribution in [-0.2, 0) is 9.59 Å². The lowest BCUT2D eigenvalue weighted by Crippen LogP contribution is -2.32. The lowest BCUT2D eigenvalue weighted by molar-refractivity contribution is -0.384. The van der Waals surface area contributed by atoms with Gasteiger partial charge in [-0.3, -0.25) is 19.7 Å². The van der Waals surface area contributed by atoms with Gasteiger partial charge >= 0.3 is 0 Å². The molecule has 0 saturated carbocycles. The van der Waals surface area contributed by atoms with E-state index in [0.29, 0.717) is 17.8 Å². The predicted molar refractivity (Wildman–Crippen MR) is 64.3 cm³/mol. The molecule has 0 aliphatic carbocycles. The fraction of sp³-hybridized carbons (Fsp3) is 0.273. The number of non-ortho nitro benzene ring substituents is 1. The standard InChI is InChI=1S/C11H11N3O4/c1-7-4-11(16)12-9-3-2-8(14(17)18)5-10(9)13(7)6-15/h2-3,5-7H,4H2,1H3,(H,12,16)/t7-/m0/s1. The van der Waals surface area contributed by atoms with Crippen molar-refractivity contribution in [2.75, 3.05) is 10.2 Å². The van der Waals surface area contributed by atoms with Gasteiger partial charge in [0.15, 0.2) is 0 Å². The van der Waals surface area contributed by atoms with Crippen molar-refractivity contribution >= 4 is 29.4 Å². The minimum Gasteiger partial charge on any atom is -0.324 e. The minimum atomic E-state index is -0.541. The predicted octanol–water partition coefficient (Wildman–Crippen LogP) is 1.29. The van der Waals surface area contributed by atoms with Crippen LogP contribution in [0.4, 0.5) is 17.1 Å². The molecule has 7 nitrogen and oxygen atoms in total. The SMILES string of the molecule is C[C@H]1CC(=O)Nc2ccc([N+](=O)[O-])cc2N1C=O. The number of rotatable bonds is 2. The van der Waals surface area contributed by atoms with Crippen molar-refractivity contribution in [3.05, 3.63) is 28.3 Å². The first-order chi connectivity index (χ1) is 8.52. The molecule has 0 spiro atoms. The van der Waals surface area contributed by atoms with Gasteiger partial charge in [-0.2, -0.15) is 0 Å². The van der Waals surface area contributed by atoms with Crippen LogP contribution < -0.4 is 10.2 Å². The summed E-state index contributed by atoms with van der Waals surface area (Å²) in [4.78, 5) is 34.1. The molecule has 1 aromatic rings. The Morgan fingerprint density at radius 1 is 1.56 bits per heavy atom. The first-order valence-electron chi connectivity index (χ1n) is 5.35. The molecule has 0 radical (unpaired) electrons. The molecule has 0 unspecified atom stereocenters. The highest BCUT2D eigenvalue weighted by Crippen LogP contribution is 2.33. The second-order valence-electron chi connectivity index (χ2n) is 4.07. The molecule has 18 heavy (non-hydrogen) atoms. The van der Waals surface area contributed by atoms with E-state index >= 15 is 0 Å². The molecule has 94 valence electrons. The maximum Gasteiger partial charge on any atom is 0.271 e. The summed E-state index contributed by atoms with van der Waals surface area (Å²) in [5, 5.41) is 13.3. The van der Waals surface area contributed by atoms with Crippen molar-refractivity contribution in [3.8, 4) is 0 Å². The van der Waals surface area contributed by atoms with E-state index in [1.165, 1.54) is 23.1 Å². The van der Waals surface area contributed by atoms with Gasteiger partial charge < -0.3 is 10.2 Å². The summed E-state index contributed by atoms with van der Waals surface area (Å²) in [5.41, 5.74) is 0.628. The van der Waals surface area contributed by atoms with Gasteiger partial charge in [0.2, 0.25) is 12.3 Å². The molecule has 0 bridgehead atoms. The molecule has 1 aromatic carbocycles. The number of nitro groups is 1. The normalized spacial score (nSPS) is 18.6. The van der Waals surface area contributed by atoms with Crippen LogP contribution in [0.5, 0.6) is 0 Å². The fourth-order valence-corrected chi connectivity index (χ4v) is 1.92. The molecular formula is C11H11N3O4. The number of carbonyl (C=O) groups excluding carboxylic acids is 2. The van der Waals surface area contributed by atoms with E-state index in [-0.39, 0.29) is 24.1 Å².